The average molecular weight is 384 g/mol. The summed E-state index contributed by atoms with van der Waals surface area (Å²) in [5.41, 5.74) is 0.689. The van der Waals surface area contributed by atoms with Gasteiger partial charge in [0, 0.05) is 19.6 Å². The number of morpholine rings is 1. The molecular formula is C17H24N2O6S. The van der Waals surface area contributed by atoms with Crippen LogP contribution in [0.3, 0.4) is 0 Å². The molecule has 1 aromatic rings. The molecule has 1 atom stereocenters. The Labute approximate surface area is 153 Å². The second-order valence-corrected chi connectivity index (χ2v) is 7.87. The summed E-state index contributed by atoms with van der Waals surface area (Å²) in [6.07, 6.45) is -0.971. The van der Waals surface area contributed by atoms with Crippen LogP contribution in [0.2, 0.25) is 0 Å². The van der Waals surface area contributed by atoms with Gasteiger partial charge in [0.05, 0.1) is 23.7 Å². The number of benzene rings is 1. The molecule has 1 aliphatic rings. The number of nitrogens with zero attached hydrogens (tertiary/aromatic N) is 1. The van der Waals surface area contributed by atoms with Gasteiger partial charge in [-0.05, 0) is 38.5 Å². The van der Waals surface area contributed by atoms with Crippen molar-refractivity contribution in [3.63, 3.8) is 0 Å². The number of nitrogens with one attached hydrogen (secondary N) is 1. The van der Waals surface area contributed by atoms with E-state index < -0.39 is 28.0 Å². The van der Waals surface area contributed by atoms with E-state index in [4.69, 9.17) is 9.47 Å². The Kier molecular flexibility index (Phi) is 6.74. The Morgan fingerprint density at radius 3 is 2.58 bits per heavy atom. The maximum Gasteiger partial charge on any atom is 0.339 e. The quantitative estimate of drug-likeness (QED) is 0.725. The molecule has 9 heteroatoms. The fraction of sp³-hybridized carbons (Fsp3) is 0.529. The van der Waals surface area contributed by atoms with Crippen molar-refractivity contribution < 1.29 is 27.5 Å². The van der Waals surface area contributed by atoms with E-state index in [-0.39, 0.29) is 23.5 Å². The first-order valence-corrected chi connectivity index (χ1v) is 9.88. The van der Waals surface area contributed by atoms with E-state index in [2.05, 4.69) is 5.32 Å². The van der Waals surface area contributed by atoms with Crippen LogP contribution in [0.15, 0.2) is 23.1 Å². The highest BCUT2D eigenvalue weighted by Gasteiger charge is 2.28. The Morgan fingerprint density at radius 1 is 1.31 bits per heavy atom. The topological polar surface area (TPSA) is 102 Å². The highest BCUT2D eigenvalue weighted by atomic mass is 32.2. The van der Waals surface area contributed by atoms with Crippen molar-refractivity contribution >= 4 is 21.9 Å². The number of sulfonamides is 1. The third-order valence-electron chi connectivity index (χ3n) is 4.04. The number of carbonyl (C=O) groups is 2. The zero-order valence-corrected chi connectivity index (χ0v) is 16.0. The van der Waals surface area contributed by atoms with Crippen molar-refractivity contribution in [1.29, 1.82) is 0 Å². The molecule has 0 spiro atoms. The van der Waals surface area contributed by atoms with E-state index in [0.717, 1.165) is 0 Å². The third kappa shape index (κ3) is 4.60. The first-order chi connectivity index (χ1) is 12.3. The van der Waals surface area contributed by atoms with Crippen LogP contribution in [-0.4, -0.2) is 63.6 Å². The molecule has 0 aromatic heterocycles. The van der Waals surface area contributed by atoms with Gasteiger partial charge < -0.3 is 14.8 Å². The molecule has 8 nitrogen and oxygen atoms in total. The van der Waals surface area contributed by atoms with Crippen LogP contribution in [-0.2, 0) is 24.3 Å². The predicted octanol–water partition coefficient (Wildman–Crippen LogP) is 0.697. The first-order valence-electron chi connectivity index (χ1n) is 8.44. The van der Waals surface area contributed by atoms with E-state index in [1.54, 1.807) is 19.9 Å². The van der Waals surface area contributed by atoms with Crippen LogP contribution >= 0.6 is 0 Å². The largest absolute Gasteiger partial charge is 0.449 e. The van der Waals surface area contributed by atoms with E-state index in [1.165, 1.54) is 23.4 Å². The lowest BCUT2D eigenvalue weighted by molar-refractivity contribution is -0.128. The van der Waals surface area contributed by atoms with Gasteiger partial charge in [-0.1, -0.05) is 6.07 Å². The fourth-order valence-corrected chi connectivity index (χ4v) is 3.95. The number of hydrogen-bond acceptors (Lipinski definition) is 6. The lowest BCUT2D eigenvalue weighted by Gasteiger charge is -2.26. The maximum atomic E-state index is 12.7. The molecule has 0 aliphatic carbocycles. The zero-order chi connectivity index (χ0) is 19.3. The van der Waals surface area contributed by atoms with E-state index in [9.17, 15) is 18.0 Å². The number of likely N-dealkylation sites (N-methyl/N-ethyl adjacent to an activating group) is 1. The Hall–Kier alpha value is -1.97. The standard InChI is InChI=1S/C17H24N2O6S/c1-4-18-16(20)13(3)25-17(21)15-11-14(6-5-12(15)2)26(22,23)19-7-9-24-10-8-19/h5-6,11,13H,4,7-10H2,1-3H3,(H,18,20)/t13-/m1/s1. The lowest BCUT2D eigenvalue weighted by atomic mass is 10.1. The van der Waals surface area contributed by atoms with Crippen LogP contribution in [0.5, 0.6) is 0 Å². The molecule has 0 radical (unpaired) electrons. The van der Waals surface area contributed by atoms with Gasteiger partial charge in [-0.3, -0.25) is 4.79 Å². The summed E-state index contributed by atoms with van der Waals surface area (Å²) in [4.78, 5) is 24.2. The minimum atomic E-state index is -3.72. The predicted molar refractivity (Wildman–Crippen MR) is 94.3 cm³/mol. The number of aryl methyl sites for hydroxylation is 1. The van der Waals surface area contributed by atoms with Crippen LogP contribution in [0.25, 0.3) is 0 Å². The van der Waals surface area contributed by atoms with E-state index in [0.29, 0.717) is 25.3 Å². The highest BCUT2D eigenvalue weighted by Crippen LogP contribution is 2.21. The molecule has 1 fully saturated rings. The van der Waals surface area contributed by atoms with Crippen molar-refractivity contribution in [3.05, 3.63) is 29.3 Å². The number of ether oxygens (including phenoxy) is 2. The molecule has 0 saturated carbocycles. The molecule has 0 unspecified atom stereocenters. The van der Waals surface area contributed by atoms with Gasteiger partial charge in [0.2, 0.25) is 10.0 Å². The molecule has 0 bridgehead atoms. The van der Waals surface area contributed by atoms with Crippen LogP contribution in [0.4, 0.5) is 0 Å². The van der Waals surface area contributed by atoms with Gasteiger partial charge in [0.25, 0.3) is 5.91 Å². The monoisotopic (exact) mass is 384 g/mol. The molecule has 1 heterocycles. The molecule has 2 rings (SSSR count). The maximum absolute atomic E-state index is 12.7. The van der Waals surface area contributed by atoms with Gasteiger partial charge in [-0.15, -0.1) is 0 Å². The second kappa shape index (κ2) is 8.61. The summed E-state index contributed by atoms with van der Waals surface area (Å²) >= 11 is 0. The Bertz CT molecular complexity index is 771. The smallest absolute Gasteiger partial charge is 0.339 e. The number of amides is 1. The van der Waals surface area contributed by atoms with Crippen molar-refractivity contribution in [3.8, 4) is 0 Å². The van der Waals surface area contributed by atoms with Gasteiger partial charge in [0.1, 0.15) is 0 Å². The molecule has 1 amide bonds. The molecule has 1 aliphatic heterocycles. The molecule has 1 saturated heterocycles. The highest BCUT2D eigenvalue weighted by molar-refractivity contribution is 7.89. The van der Waals surface area contributed by atoms with Crippen molar-refractivity contribution in [2.24, 2.45) is 0 Å². The summed E-state index contributed by atoms with van der Waals surface area (Å²) in [5.74, 6) is -1.14. The zero-order valence-electron chi connectivity index (χ0n) is 15.1. The van der Waals surface area contributed by atoms with Gasteiger partial charge in [-0.2, -0.15) is 4.31 Å². The third-order valence-corrected chi connectivity index (χ3v) is 5.94. The number of esters is 1. The Morgan fingerprint density at radius 2 is 1.96 bits per heavy atom. The van der Waals surface area contributed by atoms with E-state index in [1.807, 2.05) is 0 Å². The fourth-order valence-electron chi connectivity index (χ4n) is 2.51. The minimum Gasteiger partial charge on any atom is -0.449 e. The summed E-state index contributed by atoms with van der Waals surface area (Å²) < 4.78 is 37.2. The SMILES string of the molecule is CCNC(=O)[C@@H](C)OC(=O)c1cc(S(=O)(=O)N2CCOCC2)ccc1C. The molecule has 144 valence electrons. The van der Waals surface area contributed by atoms with Crippen LogP contribution in [0, 0.1) is 6.92 Å². The van der Waals surface area contributed by atoms with Gasteiger partial charge in [0.15, 0.2) is 6.10 Å². The number of rotatable bonds is 6. The van der Waals surface area contributed by atoms with Crippen LogP contribution in [0.1, 0.15) is 29.8 Å². The molecule has 26 heavy (non-hydrogen) atoms. The first kappa shape index (κ1) is 20.3. The summed E-state index contributed by atoms with van der Waals surface area (Å²) in [6, 6.07) is 4.32. The van der Waals surface area contributed by atoms with Gasteiger partial charge in [-0.25, -0.2) is 13.2 Å². The number of carbonyl (C=O) groups excluding carboxylic acids is 2. The summed E-state index contributed by atoms with van der Waals surface area (Å²) in [5, 5.41) is 2.56. The number of hydrogen-bond donors (Lipinski definition) is 1. The Balaban J connectivity index is 2.23. The van der Waals surface area contributed by atoms with Crippen molar-refractivity contribution in [2.45, 2.75) is 31.8 Å². The van der Waals surface area contributed by atoms with Crippen molar-refractivity contribution in [1.82, 2.24) is 9.62 Å². The molecular weight excluding hydrogens is 360 g/mol. The normalized spacial score (nSPS) is 16.7. The molecule has 1 N–H and O–H groups in total. The minimum absolute atomic E-state index is 0.0163. The van der Waals surface area contributed by atoms with E-state index >= 15 is 0 Å². The van der Waals surface area contributed by atoms with Crippen molar-refractivity contribution in [2.75, 3.05) is 32.8 Å². The summed E-state index contributed by atoms with van der Waals surface area (Å²) in [6.45, 7) is 6.54. The average Bonchev–Trinajstić information content (AvgIpc) is 2.62. The molecule has 1 aromatic carbocycles. The summed E-state index contributed by atoms with van der Waals surface area (Å²) in [7, 11) is -3.72. The van der Waals surface area contributed by atoms with Crippen LogP contribution < -0.4 is 5.32 Å². The lowest BCUT2D eigenvalue weighted by Crippen LogP contribution is -2.40. The van der Waals surface area contributed by atoms with Gasteiger partial charge >= 0.3 is 5.97 Å². The second-order valence-electron chi connectivity index (χ2n) is 5.94.